The molecule has 19 heavy (non-hydrogen) atoms. The summed E-state index contributed by atoms with van der Waals surface area (Å²) in [5.74, 6) is 0. The number of likely N-dealkylation sites (tertiary alicyclic amines) is 1. The Bertz CT molecular complexity index is 249. The zero-order chi connectivity index (χ0) is 14.4. The zero-order valence-corrected chi connectivity index (χ0v) is 13.5. The van der Waals surface area contributed by atoms with Crippen molar-refractivity contribution in [1.82, 2.24) is 10.2 Å². The molecule has 0 aliphatic carbocycles. The first-order chi connectivity index (χ1) is 8.97. The molecule has 0 bridgehead atoms. The van der Waals surface area contributed by atoms with Crippen molar-refractivity contribution < 1.29 is 5.11 Å². The first kappa shape index (κ1) is 16.9. The lowest BCUT2D eigenvalue weighted by atomic mass is 9.78. The second kappa shape index (κ2) is 7.61. The van der Waals surface area contributed by atoms with Gasteiger partial charge >= 0.3 is 0 Å². The lowest BCUT2D eigenvalue weighted by Crippen LogP contribution is -2.49. The zero-order valence-electron chi connectivity index (χ0n) is 13.5. The second-order valence-corrected chi connectivity index (χ2v) is 6.90. The molecule has 1 aliphatic rings. The summed E-state index contributed by atoms with van der Waals surface area (Å²) >= 11 is 0. The maximum absolute atomic E-state index is 9.58. The van der Waals surface area contributed by atoms with E-state index in [1.807, 2.05) is 0 Å². The highest BCUT2D eigenvalue weighted by molar-refractivity contribution is 4.86. The van der Waals surface area contributed by atoms with Crippen molar-refractivity contribution in [1.29, 1.82) is 0 Å². The predicted molar refractivity (Wildman–Crippen MR) is 82.5 cm³/mol. The molecule has 1 atom stereocenters. The molecule has 1 heterocycles. The fraction of sp³-hybridized carbons (Fsp3) is 1.00. The summed E-state index contributed by atoms with van der Waals surface area (Å²) in [6, 6.07) is 0. The highest BCUT2D eigenvalue weighted by Crippen LogP contribution is 2.34. The number of aliphatic hydroxyl groups is 1. The van der Waals surface area contributed by atoms with Crippen LogP contribution in [0.4, 0.5) is 0 Å². The minimum atomic E-state index is -0.110. The van der Waals surface area contributed by atoms with Gasteiger partial charge in [0, 0.05) is 5.54 Å². The van der Waals surface area contributed by atoms with Gasteiger partial charge in [-0.05, 0) is 64.2 Å². The highest BCUT2D eigenvalue weighted by Gasteiger charge is 2.29. The monoisotopic (exact) mass is 270 g/mol. The summed E-state index contributed by atoms with van der Waals surface area (Å²) in [7, 11) is 0. The summed E-state index contributed by atoms with van der Waals surface area (Å²) in [5, 5.41) is 13.1. The van der Waals surface area contributed by atoms with E-state index in [0.717, 1.165) is 25.9 Å². The van der Waals surface area contributed by atoms with Gasteiger partial charge < -0.3 is 15.3 Å². The van der Waals surface area contributed by atoms with E-state index in [2.05, 4.69) is 37.9 Å². The molecular formula is C16H34N2O. The van der Waals surface area contributed by atoms with Gasteiger partial charge in [-0.15, -0.1) is 0 Å². The molecule has 0 amide bonds. The van der Waals surface area contributed by atoms with Gasteiger partial charge in [-0.25, -0.2) is 0 Å². The van der Waals surface area contributed by atoms with E-state index in [1.165, 1.54) is 32.4 Å². The van der Waals surface area contributed by atoms with Gasteiger partial charge in [0.25, 0.3) is 0 Å². The average Bonchev–Trinajstić information content (AvgIpc) is 2.44. The Morgan fingerprint density at radius 3 is 2.37 bits per heavy atom. The van der Waals surface area contributed by atoms with Crippen molar-refractivity contribution in [3.05, 3.63) is 0 Å². The van der Waals surface area contributed by atoms with E-state index in [-0.39, 0.29) is 12.1 Å². The van der Waals surface area contributed by atoms with Crippen molar-refractivity contribution in [2.75, 3.05) is 32.8 Å². The van der Waals surface area contributed by atoms with Crippen LogP contribution in [0.5, 0.6) is 0 Å². The van der Waals surface area contributed by atoms with Crippen LogP contribution >= 0.6 is 0 Å². The minimum absolute atomic E-state index is 0.110. The number of aliphatic hydroxyl groups excluding tert-OH is 1. The number of hydrogen-bond acceptors (Lipinski definition) is 3. The summed E-state index contributed by atoms with van der Waals surface area (Å²) < 4.78 is 0. The van der Waals surface area contributed by atoms with Crippen LogP contribution in [0.15, 0.2) is 0 Å². The third-order valence-electron chi connectivity index (χ3n) is 5.05. The van der Waals surface area contributed by atoms with Gasteiger partial charge in [0.15, 0.2) is 0 Å². The molecule has 3 heteroatoms. The molecule has 114 valence electrons. The minimum Gasteiger partial charge on any atom is -0.394 e. The van der Waals surface area contributed by atoms with Crippen LogP contribution < -0.4 is 5.32 Å². The summed E-state index contributed by atoms with van der Waals surface area (Å²) in [4.78, 5) is 2.57. The lowest BCUT2D eigenvalue weighted by molar-refractivity contribution is 0.0940. The van der Waals surface area contributed by atoms with Gasteiger partial charge in [0.2, 0.25) is 0 Å². The maximum Gasteiger partial charge on any atom is 0.0611 e. The normalized spacial score (nSPS) is 23.2. The van der Waals surface area contributed by atoms with Crippen molar-refractivity contribution in [3.8, 4) is 0 Å². The number of piperidine rings is 1. The fourth-order valence-corrected chi connectivity index (χ4v) is 2.73. The summed E-state index contributed by atoms with van der Waals surface area (Å²) in [6.45, 7) is 13.8. The highest BCUT2D eigenvalue weighted by atomic mass is 16.3. The number of nitrogens with zero attached hydrogens (tertiary/aromatic N) is 1. The van der Waals surface area contributed by atoms with Crippen LogP contribution in [0.2, 0.25) is 0 Å². The third-order valence-corrected chi connectivity index (χ3v) is 5.05. The van der Waals surface area contributed by atoms with Crippen molar-refractivity contribution in [3.63, 3.8) is 0 Å². The molecule has 1 fully saturated rings. The fourth-order valence-electron chi connectivity index (χ4n) is 2.73. The van der Waals surface area contributed by atoms with Crippen molar-refractivity contribution in [2.24, 2.45) is 5.41 Å². The van der Waals surface area contributed by atoms with Gasteiger partial charge in [-0.2, -0.15) is 0 Å². The molecule has 1 rings (SSSR count). The van der Waals surface area contributed by atoms with Crippen LogP contribution in [-0.2, 0) is 0 Å². The molecule has 1 aliphatic heterocycles. The smallest absolute Gasteiger partial charge is 0.0611 e. The summed E-state index contributed by atoms with van der Waals surface area (Å²) in [6.07, 6.45) is 6.09. The van der Waals surface area contributed by atoms with Gasteiger partial charge in [-0.1, -0.05) is 27.2 Å². The van der Waals surface area contributed by atoms with E-state index < -0.39 is 0 Å². The molecule has 1 unspecified atom stereocenters. The Kier molecular flexibility index (Phi) is 6.78. The Balaban J connectivity index is 2.32. The molecule has 3 nitrogen and oxygen atoms in total. The van der Waals surface area contributed by atoms with Crippen molar-refractivity contribution >= 4 is 0 Å². The number of hydrogen-bond donors (Lipinski definition) is 2. The Hall–Kier alpha value is -0.120. The predicted octanol–water partition coefficient (Wildman–Crippen LogP) is 2.64. The number of rotatable bonds is 8. The quantitative estimate of drug-likeness (QED) is 0.712. The van der Waals surface area contributed by atoms with Crippen LogP contribution in [0, 0.1) is 5.41 Å². The van der Waals surface area contributed by atoms with Gasteiger partial charge in [0.05, 0.1) is 6.61 Å². The molecule has 0 spiro atoms. The van der Waals surface area contributed by atoms with E-state index in [0.29, 0.717) is 5.41 Å². The van der Waals surface area contributed by atoms with Crippen LogP contribution in [0.1, 0.15) is 59.8 Å². The number of nitrogens with one attached hydrogen (secondary N) is 1. The first-order valence-corrected chi connectivity index (χ1v) is 8.05. The third kappa shape index (κ3) is 5.41. The Morgan fingerprint density at radius 1 is 1.26 bits per heavy atom. The van der Waals surface area contributed by atoms with Gasteiger partial charge in [0.1, 0.15) is 0 Å². The standard InChI is InChI=1S/C16H34N2O/c1-5-10-17-16(4,14-19)9-13-18-11-7-15(3,6-2)8-12-18/h17,19H,5-14H2,1-4H3. The SMILES string of the molecule is CCCNC(C)(CO)CCN1CCC(C)(CC)CC1. The Morgan fingerprint density at radius 2 is 1.89 bits per heavy atom. The van der Waals surface area contributed by atoms with E-state index in [9.17, 15) is 5.11 Å². The Labute approximate surface area is 119 Å². The topological polar surface area (TPSA) is 35.5 Å². The van der Waals surface area contributed by atoms with Crippen LogP contribution in [-0.4, -0.2) is 48.3 Å². The van der Waals surface area contributed by atoms with E-state index in [1.54, 1.807) is 0 Å². The summed E-state index contributed by atoms with van der Waals surface area (Å²) in [5.41, 5.74) is 0.457. The molecule has 0 radical (unpaired) electrons. The maximum atomic E-state index is 9.58. The molecule has 0 aromatic heterocycles. The average molecular weight is 270 g/mol. The van der Waals surface area contributed by atoms with Gasteiger partial charge in [-0.3, -0.25) is 0 Å². The molecular weight excluding hydrogens is 236 g/mol. The molecule has 2 N–H and O–H groups in total. The van der Waals surface area contributed by atoms with Crippen LogP contribution in [0.25, 0.3) is 0 Å². The van der Waals surface area contributed by atoms with E-state index in [4.69, 9.17) is 0 Å². The molecule has 1 saturated heterocycles. The molecule has 0 aromatic carbocycles. The second-order valence-electron chi connectivity index (χ2n) is 6.90. The van der Waals surface area contributed by atoms with Crippen LogP contribution in [0.3, 0.4) is 0 Å². The van der Waals surface area contributed by atoms with E-state index >= 15 is 0 Å². The molecule has 0 aromatic rings. The lowest BCUT2D eigenvalue weighted by Gasteiger charge is -2.40. The molecule has 0 saturated carbocycles. The largest absolute Gasteiger partial charge is 0.394 e. The first-order valence-electron chi connectivity index (χ1n) is 8.05. The van der Waals surface area contributed by atoms with Crippen molar-refractivity contribution in [2.45, 2.75) is 65.3 Å².